The van der Waals surface area contributed by atoms with Gasteiger partial charge in [0.15, 0.2) is 6.16 Å². The van der Waals surface area contributed by atoms with E-state index in [-0.39, 0.29) is 30.0 Å². The fourth-order valence-electron chi connectivity index (χ4n) is 4.52. The molecule has 0 aliphatic heterocycles. The molecule has 41 heavy (non-hydrogen) atoms. The molecule has 0 aliphatic carbocycles. The molecule has 0 unspecified atom stereocenters. The minimum absolute atomic E-state index is 0.0311. The Bertz CT molecular complexity index is 1160. The summed E-state index contributed by atoms with van der Waals surface area (Å²) in [5.41, 5.74) is 0. The number of hydrogen-bond acceptors (Lipinski definition) is 4. The van der Waals surface area contributed by atoms with Gasteiger partial charge in [0.2, 0.25) is 17.7 Å². The van der Waals surface area contributed by atoms with Gasteiger partial charge in [-0.05, 0) is 49.2 Å². The molecule has 216 valence electrons. The van der Waals surface area contributed by atoms with Crippen molar-refractivity contribution in [3.63, 3.8) is 0 Å². The maximum Gasteiger partial charge on any atom is 0.258 e. The quantitative estimate of drug-likeness (QED) is 0.119. The minimum Gasteiger partial charge on any atom is -0.356 e. The standard InChI is InChI=1S/C32H39N4O4P/c1-2-29(37)33-20-12-21-34-30(38)24-31(39)35-22-13-23-36-32(40)25-41(26-14-6-3-7-15-26,27-16-8-4-9-17-27)28-18-10-5-11-19-28/h3-11,14-19H,2,12-13,20-25H2,1H3,(H3-,33,34,35,36,37,38,39,40)/p+1. The minimum atomic E-state index is -2.26. The first-order valence-electron chi connectivity index (χ1n) is 14.1. The number of amides is 4. The second kappa shape index (κ2) is 16.9. The molecule has 0 bridgehead atoms. The molecule has 0 heterocycles. The summed E-state index contributed by atoms with van der Waals surface area (Å²) in [4.78, 5) is 48.6. The number of hydrogen-bond donors (Lipinski definition) is 4. The maximum atomic E-state index is 13.4. The first kappa shape index (κ1) is 31.5. The van der Waals surface area contributed by atoms with E-state index in [4.69, 9.17) is 0 Å². The van der Waals surface area contributed by atoms with E-state index >= 15 is 0 Å². The Morgan fingerprint density at radius 2 is 0.854 bits per heavy atom. The molecule has 0 saturated heterocycles. The summed E-state index contributed by atoms with van der Waals surface area (Å²) in [5, 5.41) is 14.6. The summed E-state index contributed by atoms with van der Waals surface area (Å²) in [6.45, 7) is 3.41. The van der Waals surface area contributed by atoms with Gasteiger partial charge in [-0.25, -0.2) is 0 Å². The van der Waals surface area contributed by atoms with Crippen molar-refractivity contribution in [2.75, 3.05) is 32.3 Å². The fourth-order valence-corrected chi connectivity index (χ4v) is 8.55. The number of benzene rings is 3. The summed E-state index contributed by atoms with van der Waals surface area (Å²) in [6.07, 6.45) is 1.64. The second-order valence-corrected chi connectivity index (χ2v) is 13.1. The van der Waals surface area contributed by atoms with Gasteiger partial charge in [-0.2, -0.15) is 0 Å². The van der Waals surface area contributed by atoms with Gasteiger partial charge in [0.05, 0.1) is 0 Å². The highest BCUT2D eigenvalue weighted by Gasteiger charge is 2.47. The van der Waals surface area contributed by atoms with Gasteiger partial charge in [-0.3, -0.25) is 19.2 Å². The van der Waals surface area contributed by atoms with Crippen LogP contribution in [0, 0.1) is 0 Å². The molecule has 4 N–H and O–H groups in total. The van der Waals surface area contributed by atoms with Gasteiger partial charge in [0, 0.05) is 32.6 Å². The van der Waals surface area contributed by atoms with Gasteiger partial charge in [-0.15, -0.1) is 0 Å². The van der Waals surface area contributed by atoms with Crippen LogP contribution in [-0.2, 0) is 19.2 Å². The van der Waals surface area contributed by atoms with Gasteiger partial charge >= 0.3 is 0 Å². The smallest absolute Gasteiger partial charge is 0.258 e. The lowest BCUT2D eigenvalue weighted by molar-refractivity contribution is -0.129. The van der Waals surface area contributed by atoms with Crippen LogP contribution in [0.2, 0.25) is 0 Å². The van der Waals surface area contributed by atoms with Crippen LogP contribution in [0.3, 0.4) is 0 Å². The van der Waals surface area contributed by atoms with E-state index in [1.54, 1.807) is 6.92 Å². The molecular formula is C32H40N4O4P+. The third kappa shape index (κ3) is 9.83. The molecule has 0 radical (unpaired) electrons. The van der Waals surface area contributed by atoms with Crippen molar-refractivity contribution in [2.45, 2.75) is 32.6 Å². The Labute approximate surface area is 243 Å². The Morgan fingerprint density at radius 3 is 1.22 bits per heavy atom. The van der Waals surface area contributed by atoms with E-state index < -0.39 is 7.26 Å². The summed E-state index contributed by atoms with van der Waals surface area (Å²) in [7, 11) is -2.26. The van der Waals surface area contributed by atoms with E-state index in [1.807, 2.05) is 54.6 Å². The van der Waals surface area contributed by atoms with Crippen molar-refractivity contribution in [3.8, 4) is 0 Å². The van der Waals surface area contributed by atoms with E-state index in [9.17, 15) is 19.2 Å². The maximum absolute atomic E-state index is 13.4. The lowest BCUT2D eigenvalue weighted by atomic mass is 10.3. The molecule has 0 aliphatic rings. The Hall–Kier alpha value is -4.03. The van der Waals surface area contributed by atoms with Crippen molar-refractivity contribution in [3.05, 3.63) is 91.0 Å². The lowest BCUT2D eigenvalue weighted by Gasteiger charge is -2.27. The third-order valence-corrected chi connectivity index (χ3v) is 10.9. The molecule has 3 rings (SSSR count). The molecule has 9 heteroatoms. The normalized spacial score (nSPS) is 10.9. The number of nitrogens with one attached hydrogen (secondary N) is 4. The first-order chi connectivity index (χ1) is 20.0. The summed E-state index contributed by atoms with van der Waals surface area (Å²) in [5.74, 6) is -0.803. The van der Waals surface area contributed by atoms with Crippen LogP contribution >= 0.6 is 7.26 Å². The number of carbonyl (C=O) groups is 4. The van der Waals surface area contributed by atoms with Crippen LogP contribution in [0.25, 0.3) is 0 Å². The van der Waals surface area contributed by atoms with Crippen molar-refractivity contribution in [1.29, 1.82) is 0 Å². The van der Waals surface area contributed by atoms with Crippen molar-refractivity contribution < 1.29 is 19.2 Å². The average molecular weight is 576 g/mol. The zero-order valence-corrected chi connectivity index (χ0v) is 24.5. The highest BCUT2D eigenvalue weighted by molar-refractivity contribution is 7.96. The molecule has 3 aromatic carbocycles. The van der Waals surface area contributed by atoms with E-state index in [0.717, 1.165) is 15.9 Å². The molecular weight excluding hydrogens is 535 g/mol. The van der Waals surface area contributed by atoms with Crippen LogP contribution in [-0.4, -0.2) is 56.0 Å². The van der Waals surface area contributed by atoms with Crippen LogP contribution in [0.5, 0.6) is 0 Å². The van der Waals surface area contributed by atoms with Crippen LogP contribution in [0.1, 0.15) is 32.6 Å². The molecule has 0 aromatic heterocycles. The molecule has 0 atom stereocenters. The van der Waals surface area contributed by atoms with Crippen LogP contribution < -0.4 is 37.2 Å². The number of carbonyl (C=O) groups excluding carboxylic acids is 4. The largest absolute Gasteiger partial charge is 0.356 e. The van der Waals surface area contributed by atoms with E-state index in [1.165, 1.54) is 0 Å². The van der Waals surface area contributed by atoms with E-state index in [2.05, 4.69) is 57.7 Å². The van der Waals surface area contributed by atoms with Gasteiger partial charge in [-0.1, -0.05) is 61.5 Å². The van der Waals surface area contributed by atoms with Crippen molar-refractivity contribution in [1.82, 2.24) is 21.3 Å². The monoisotopic (exact) mass is 575 g/mol. The van der Waals surface area contributed by atoms with Gasteiger partial charge < -0.3 is 21.3 Å². The number of rotatable bonds is 16. The fraction of sp³-hybridized carbons (Fsp3) is 0.312. The summed E-state index contributed by atoms with van der Waals surface area (Å²) in [6, 6.07) is 30.7. The SMILES string of the molecule is CCC(=O)NCCCNC(=O)CC(=O)NCCCNC(=O)C[P+](c1ccccc1)(c1ccccc1)c1ccccc1. The Kier molecular flexibility index (Phi) is 13.0. The third-order valence-electron chi connectivity index (χ3n) is 6.61. The molecule has 8 nitrogen and oxygen atoms in total. The predicted molar refractivity (Wildman–Crippen MR) is 166 cm³/mol. The molecule has 0 saturated carbocycles. The summed E-state index contributed by atoms with van der Waals surface area (Å²) >= 11 is 0. The Balaban J connectivity index is 1.50. The van der Waals surface area contributed by atoms with Crippen LogP contribution in [0.4, 0.5) is 0 Å². The molecule has 0 fully saturated rings. The van der Waals surface area contributed by atoms with Crippen molar-refractivity contribution >= 4 is 46.8 Å². The lowest BCUT2D eigenvalue weighted by Crippen LogP contribution is -2.40. The van der Waals surface area contributed by atoms with Crippen LogP contribution in [0.15, 0.2) is 91.0 Å². The van der Waals surface area contributed by atoms with Crippen molar-refractivity contribution in [2.24, 2.45) is 0 Å². The molecule has 0 spiro atoms. The predicted octanol–water partition coefficient (Wildman–Crippen LogP) is 2.03. The van der Waals surface area contributed by atoms with E-state index in [0.29, 0.717) is 51.6 Å². The topological polar surface area (TPSA) is 116 Å². The van der Waals surface area contributed by atoms with Gasteiger partial charge in [0.1, 0.15) is 29.6 Å². The molecule has 4 amide bonds. The summed E-state index contributed by atoms with van der Waals surface area (Å²) < 4.78 is 0. The highest BCUT2D eigenvalue weighted by Crippen LogP contribution is 2.54. The molecule has 3 aromatic rings. The zero-order chi connectivity index (χ0) is 29.3. The Morgan fingerprint density at radius 1 is 0.512 bits per heavy atom. The zero-order valence-electron chi connectivity index (χ0n) is 23.6. The first-order valence-corrected chi connectivity index (χ1v) is 16.0. The second-order valence-electron chi connectivity index (χ2n) is 9.61. The highest BCUT2D eigenvalue weighted by atomic mass is 31.2. The van der Waals surface area contributed by atoms with Gasteiger partial charge in [0.25, 0.3) is 5.91 Å². The average Bonchev–Trinajstić information content (AvgIpc) is 3.00.